The first kappa shape index (κ1) is 20.3. The van der Waals surface area contributed by atoms with E-state index in [1.54, 1.807) is 38.1 Å². The third kappa shape index (κ3) is 4.39. The molecule has 0 aliphatic carbocycles. The summed E-state index contributed by atoms with van der Waals surface area (Å²) in [4.78, 5) is 25.4. The Morgan fingerprint density at radius 3 is 2.00 bits per heavy atom. The lowest BCUT2D eigenvalue weighted by atomic mass is 10.0. The largest absolute Gasteiger partial charge is 0.398 e. The standard InChI is InChI=1S/C21H26N4O2/c1-6-19(26)25(20(27)7-2)17-10-8-16(9-11-17)23-24-18-12-13(3)21(22)15(5)14(18)4/h8-12H,6-7,22H2,1-5H3. The van der Waals surface area contributed by atoms with Gasteiger partial charge in [0.25, 0.3) is 0 Å². The lowest BCUT2D eigenvalue weighted by Gasteiger charge is -2.19. The van der Waals surface area contributed by atoms with E-state index >= 15 is 0 Å². The number of azo groups is 1. The van der Waals surface area contributed by atoms with E-state index in [4.69, 9.17) is 5.73 Å². The number of hydrogen-bond donors (Lipinski definition) is 1. The quantitative estimate of drug-likeness (QED) is 0.576. The van der Waals surface area contributed by atoms with Gasteiger partial charge in [-0.15, -0.1) is 0 Å². The molecule has 6 nitrogen and oxygen atoms in total. The minimum absolute atomic E-state index is 0.223. The van der Waals surface area contributed by atoms with Gasteiger partial charge in [-0.1, -0.05) is 13.8 Å². The minimum atomic E-state index is -0.223. The molecule has 0 fully saturated rings. The van der Waals surface area contributed by atoms with Crippen molar-refractivity contribution in [2.45, 2.75) is 47.5 Å². The normalized spacial score (nSPS) is 11.0. The number of carbonyl (C=O) groups is 2. The number of nitrogens with two attached hydrogens (primary N) is 1. The summed E-state index contributed by atoms with van der Waals surface area (Å²) in [5.41, 5.74) is 11.7. The van der Waals surface area contributed by atoms with Gasteiger partial charge in [0.05, 0.1) is 17.1 Å². The van der Waals surface area contributed by atoms with Crippen molar-refractivity contribution in [2.24, 2.45) is 10.2 Å². The van der Waals surface area contributed by atoms with Gasteiger partial charge in [-0.05, 0) is 67.8 Å². The highest BCUT2D eigenvalue weighted by Crippen LogP contribution is 2.31. The average molecular weight is 366 g/mol. The molecule has 0 aliphatic heterocycles. The van der Waals surface area contributed by atoms with Crippen molar-refractivity contribution < 1.29 is 9.59 Å². The summed E-state index contributed by atoms with van der Waals surface area (Å²) in [6, 6.07) is 8.81. The molecule has 0 aromatic heterocycles. The Kier molecular flexibility index (Phi) is 6.45. The first-order chi connectivity index (χ1) is 12.8. The van der Waals surface area contributed by atoms with Crippen molar-refractivity contribution in [3.05, 3.63) is 47.0 Å². The molecule has 0 saturated carbocycles. The maximum absolute atomic E-state index is 12.1. The Labute approximate surface area is 160 Å². The highest BCUT2D eigenvalue weighted by atomic mass is 16.2. The van der Waals surface area contributed by atoms with Crippen LogP contribution in [0.15, 0.2) is 40.6 Å². The second-order valence-corrected chi connectivity index (χ2v) is 6.42. The molecule has 2 amide bonds. The highest BCUT2D eigenvalue weighted by Gasteiger charge is 2.20. The molecule has 0 spiro atoms. The van der Waals surface area contributed by atoms with Gasteiger partial charge < -0.3 is 5.73 Å². The zero-order chi connectivity index (χ0) is 20.1. The number of amides is 2. The molecule has 0 unspecified atom stereocenters. The van der Waals surface area contributed by atoms with Gasteiger partial charge in [-0.3, -0.25) is 14.5 Å². The van der Waals surface area contributed by atoms with Gasteiger partial charge in [0.2, 0.25) is 11.8 Å². The van der Waals surface area contributed by atoms with Crippen LogP contribution in [0.4, 0.5) is 22.7 Å². The van der Waals surface area contributed by atoms with Crippen LogP contribution in [-0.4, -0.2) is 11.8 Å². The van der Waals surface area contributed by atoms with Gasteiger partial charge in [0.15, 0.2) is 0 Å². The maximum atomic E-state index is 12.1. The van der Waals surface area contributed by atoms with E-state index in [0.29, 0.717) is 11.4 Å². The van der Waals surface area contributed by atoms with Crippen molar-refractivity contribution in [2.75, 3.05) is 10.6 Å². The molecule has 6 heteroatoms. The van der Waals surface area contributed by atoms with Gasteiger partial charge in [0, 0.05) is 18.5 Å². The lowest BCUT2D eigenvalue weighted by molar-refractivity contribution is -0.126. The van der Waals surface area contributed by atoms with Gasteiger partial charge in [0.1, 0.15) is 0 Å². The molecule has 0 aliphatic rings. The van der Waals surface area contributed by atoms with Gasteiger partial charge in [-0.25, -0.2) is 0 Å². The maximum Gasteiger partial charge on any atom is 0.233 e. The lowest BCUT2D eigenvalue weighted by Crippen LogP contribution is -2.35. The van der Waals surface area contributed by atoms with E-state index in [9.17, 15) is 9.59 Å². The molecule has 142 valence electrons. The van der Waals surface area contributed by atoms with Crippen LogP contribution in [0.3, 0.4) is 0 Å². The second-order valence-electron chi connectivity index (χ2n) is 6.42. The molecule has 2 aromatic carbocycles. The third-order valence-electron chi connectivity index (χ3n) is 4.61. The monoisotopic (exact) mass is 366 g/mol. The fourth-order valence-electron chi connectivity index (χ4n) is 2.71. The summed E-state index contributed by atoms with van der Waals surface area (Å²) in [7, 11) is 0. The molecule has 0 bridgehead atoms. The number of aryl methyl sites for hydroxylation is 1. The summed E-state index contributed by atoms with van der Waals surface area (Å²) < 4.78 is 0. The predicted octanol–water partition coefficient (Wildman–Crippen LogP) is 5.29. The highest BCUT2D eigenvalue weighted by molar-refractivity contribution is 6.14. The summed E-state index contributed by atoms with van der Waals surface area (Å²) >= 11 is 0. The summed E-state index contributed by atoms with van der Waals surface area (Å²) in [6.45, 7) is 9.35. The molecule has 2 aromatic rings. The Balaban J connectivity index is 2.29. The molecule has 2 N–H and O–H groups in total. The number of anilines is 2. The number of carbonyl (C=O) groups excluding carboxylic acids is 2. The van der Waals surface area contributed by atoms with Crippen LogP contribution in [0.5, 0.6) is 0 Å². The molecule has 27 heavy (non-hydrogen) atoms. The molecular formula is C21H26N4O2. The first-order valence-corrected chi connectivity index (χ1v) is 9.03. The van der Waals surface area contributed by atoms with Crippen LogP contribution < -0.4 is 10.6 Å². The Hall–Kier alpha value is -3.02. The second kappa shape index (κ2) is 8.58. The molecule has 0 saturated heterocycles. The summed E-state index contributed by atoms with van der Waals surface area (Å²) in [6.07, 6.45) is 0.532. The fourth-order valence-corrected chi connectivity index (χ4v) is 2.71. The van der Waals surface area contributed by atoms with Crippen LogP contribution in [0.25, 0.3) is 0 Å². The third-order valence-corrected chi connectivity index (χ3v) is 4.61. The number of imide groups is 1. The van der Waals surface area contributed by atoms with Crippen molar-refractivity contribution in [3.63, 3.8) is 0 Å². The van der Waals surface area contributed by atoms with Gasteiger partial charge >= 0.3 is 0 Å². The smallest absolute Gasteiger partial charge is 0.233 e. The van der Waals surface area contributed by atoms with Crippen LogP contribution in [0.1, 0.15) is 43.4 Å². The number of nitrogen functional groups attached to an aromatic ring is 1. The van der Waals surface area contributed by atoms with E-state index in [2.05, 4.69) is 10.2 Å². The Morgan fingerprint density at radius 2 is 1.48 bits per heavy atom. The number of benzene rings is 2. The van der Waals surface area contributed by atoms with Crippen LogP contribution in [0.2, 0.25) is 0 Å². The Morgan fingerprint density at radius 1 is 0.926 bits per heavy atom. The average Bonchev–Trinajstić information content (AvgIpc) is 2.68. The van der Waals surface area contributed by atoms with E-state index in [1.807, 2.05) is 26.8 Å². The van der Waals surface area contributed by atoms with E-state index in [1.165, 1.54) is 4.90 Å². The van der Waals surface area contributed by atoms with Crippen molar-refractivity contribution in [3.8, 4) is 0 Å². The number of hydrogen-bond acceptors (Lipinski definition) is 5. The van der Waals surface area contributed by atoms with E-state index in [-0.39, 0.29) is 24.7 Å². The minimum Gasteiger partial charge on any atom is -0.398 e. The SMILES string of the molecule is CCC(=O)N(C(=O)CC)c1ccc(N=Nc2cc(C)c(N)c(C)c2C)cc1. The van der Waals surface area contributed by atoms with Crippen molar-refractivity contribution >= 4 is 34.6 Å². The zero-order valence-corrected chi connectivity index (χ0v) is 16.5. The molecule has 0 heterocycles. The molecule has 0 atom stereocenters. The number of nitrogens with zero attached hydrogens (tertiary/aromatic N) is 3. The van der Waals surface area contributed by atoms with E-state index in [0.717, 1.165) is 28.1 Å². The van der Waals surface area contributed by atoms with Crippen molar-refractivity contribution in [1.82, 2.24) is 0 Å². The predicted molar refractivity (Wildman–Crippen MR) is 109 cm³/mol. The van der Waals surface area contributed by atoms with Crippen LogP contribution >= 0.6 is 0 Å². The first-order valence-electron chi connectivity index (χ1n) is 9.03. The topological polar surface area (TPSA) is 88.1 Å². The fraction of sp³-hybridized carbons (Fsp3) is 0.333. The summed E-state index contributed by atoms with van der Waals surface area (Å²) in [5, 5.41) is 8.61. The number of rotatable bonds is 5. The zero-order valence-electron chi connectivity index (χ0n) is 16.5. The van der Waals surface area contributed by atoms with Crippen molar-refractivity contribution in [1.29, 1.82) is 0 Å². The molecular weight excluding hydrogens is 340 g/mol. The van der Waals surface area contributed by atoms with Gasteiger partial charge in [-0.2, -0.15) is 10.2 Å². The van der Waals surface area contributed by atoms with Crippen LogP contribution in [0, 0.1) is 20.8 Å². The van der Waals surface area contributed by atoms with Crippen LogP contribution in [-0.2, 0) is 9.59 Å². The summed E-state index contributed by atoms with van der Waals surface area (Å²) in [5.74, 6) is -0.445. The molecule has 2 rings (SSSR count). The Bertz CT molecular complexity index is 870. The van der Waals surface area contributed by atoms with E-state index < -0.39 is 0 Å². The molecule has 0 radical (unpaired) electrons.